The van der Waals surface area contributed by atoms with E-state index in [4.69, 9.17) is 11.6 Å². The first-order valence-corrected chi connectivity index (χ1v) is 10.4. The highest BCUT2D eigenvalue weighted by atomic mass is 35.5. The fraction of sp³-hybridized carbons (Fsp3) is 0.273. The lowest BCUT2D eigenvalue weighted by Crippen LogP contribution is -2.46. The number of carbonyl (C=O) groups excluding carboxylic acids is 1. The molecule has 8 nitrogen and oxygen atoms in total. The van der Waals surface area contributed by atoms with E-state index in [1.807, 2.05) is 4.90 Å². The first kappa shape index (κ1) is 25.2. The van der Waals surface area contributed by atoms with Crippen molar-refractivity contribution in [2.75, 3.05) is 27.2 Å². The van der Waals surface area contributed by atoms with Crippen molar-refractivity contribution in [2.24, 2.45) is 0 Å². The summed E-state index contributed by atoms with van der Waals surface area (Å²) in [5.41, 5.74) is -2.99. The molecule has 1 aromatic heterocycles. The molecule has 0 saturated heterocycles. The van der Waals surface area contributed by atoms with Crippen LogP contribution in [-0.4, -0.2) is 52.3 Å². The maximum atomic E-state index is 13.1. The highest BCUT2D eigenvalue weighted by Gasteiger charge is 2.30. The van der Waals surface area contributed by atoms with Crippen LogP contribution in [0.4, 0.5) is 13.2 Å². The molecule has 0 aliphatic carbocycles. The molecule has 3 aromatic rings. The molecule has 2 aromatic carbocycles. The van der Waals surface area contributed by atoms with Gasteiger partial charge in [0, 0.05) is 18.1 Å². The van der Waals surface area contributed by atoms with Gasteiger partial charge in [-0.25, -0.2) is 4.79 Å². The van der Waals surface area contributed by atoms with Crippen LogP contribution in [-0.2, 0) is 12.7 Å². The number of amides is 1. The smallest absolute Gasteiger partial charge is 0.349 e. The molecule has 180 valence electrons. The molecule has 1 heterocycles. The van der Waals surface area contributed by atoms with Crippen molar-refractivity contribution in [1.29, 1.82) is 0 Å². The summed E-state index contributed by atoms with van der Waals surface area (Å²) in [6, 6.07) is 10.2. The van der Waals surface area contributed by atoms with E-state index < -0.39 is 34.6 Å². The van der Waals surface area contributed by atoms with Gasteiger partial charge in [0.15, 0.2) is 0 Å². The van der Waals surface area contributed by atoms with Crippen molar-refractivity contribution < 1.29 is 18.0 Å². The molecule has 0 fully saturated rings. The van der Waals surface area contributed by atoms with Crippen LogP contribution in [0.5, 0.6) is 0 Å². The lowest BCUT2D eigenvalue weighted by Gasteiger charge is -2.14. The number of hydrogen-bond donors (Lipinski definition) is 1. The molecule has 34 heavy (non-hydrogen) atoms. The van der Waals surface area contributed by atoms with E-state index in [9.17, 15) is 27.6 Å². The number of hydrogen-bond acceptors (Lipinski definition) is 5. The predicted molar refractivity (Wildman–Crippen MR) is 121 cm³/mol. The number of aromatic nitrogens is 3. The van der Waals surface area contributed by atoms with Gasteiger partial charge in [0.25, 0.3) is 11.5 Å². The molecule has 3 rings (SSSR count). The molecule has 12 heteroatoms. The minimum Gasteiger partial charge on any atom is -0.349 e. The molecule has 0 atom stereocenters. The number of benzene rings is 2. The third-order valence-electron chi connectivity index (χ3n) is 4.84. The summed E-state index contributed by atoms with van der Waals surface area (Å²) in [5, 5.41) is 6.74. The highest BCUT2D eigenvalue weighted by molar-refractivity contribution is 6.31. The van der Waals surface area contributed by atoms with Gasteiger partial charge in [0.1, 0.15) is 0 Å². The molecular weight excluding hydrogens is 475 g/mol. The Morgan fingerprint density at radius 1 is 1.09 bits per heavy atom. The van der Waals surface area contributed by atoms with Crippen LogP contribution in [0.15, 0.2) is 58.1 Å². The van der Waals surface area contributed by atoms with Crippen LogP contribution in [0.2, 0.25) is 5.02 Å². The number of nitrogens with one attached hydrogen (secondary N) is 1. The van der Waals surface area contributed by atoms with Gasteiger partial charge in [-0.05, 0) is 50.0 Å². The zero-order valence-electron chi connectivity index (χ0n) is 18.3. The van der Waals surface area contributed by atoms with Gasteiger partial charge in [0.05, 0.1) is 17.8 Å². The topological polar surface area (TPSA) is 89.2 Å². The van der Waals surface area contributed by atoms with E-state index in [2.05, 4.69) is 10.4 Å². The Bertz CT molecular complexity index is 1300. The van der Waals surface area contributed by atoms with Gasteiger partial charge in [-0.3, -0.25) is 14.2 Å². The molecule has 0 aliphatic heterocycles. The van der Waals surface area contributed by atoms with E-state index in [0.717, 1.165) is 33.5 Å². The number of alkyl halides is 3. The Labute approximate surface area is 197 Å². The molecule has 0 bridgehead atoms. The van der Waals surface area contributed by atoms with Crippen LogP contribution in [0, 0.1) is 0 Å². The molecule has 0 radical (unpaired) electrons. The summed E-state index contributed by atoms with van der Waals surface area (Å²) >= 11 is 6.17. The zero-order valence-corrected chi connectivity index (χ0v) is 19.0. The molecular formula is C22H21ClF3N5O3. The third kappa shape index (κ3) is 5.72. The van der Waals surface area contributed by atoms with Gasteiger partial charge < -0.3 is 10.2 Å². The lowest BCUT2D eigenvalue weighted by atomic mass is 10.2. The number of rotatable bonds is 7. The monoisotopic (exact) mass is 495 g/mol. The van der Waals surface area contributed by atoms with E-state index in [0.29, 0.717) is 17.1 Å². The fourth-order valence-corrected chi connectivity index (χ4v) is 3.23. The molecule has 0 saturated carbocycles. The minimum absolute atomic E-state index is 0.0479. The van der Waals surface area contributed by atoms with Crippen molar-refractivity contribution in [3.8, 4) is 5.69 Å². The largest absolute Gasteiger partial charge is 0.416 e. The standard InChI is InChI=1S/C22H21ClF3N5O3/c1-29(2)12-11-27-19(32)18-20(33)30(13-14-5-3-4-6-17(14)23)21(34)31(28-18)16-9-7-15(8-10-16)22(24,25)26/h3-10H,11-13H2,1-2H3,(H,27,32). The zero-order chi connectivity index (χ0) is 25.0. The third-order valence-corrected chi connectivity index (χ3v) is 5.21. The molecule has 0 unspecified atom stereocenters. The summed E-state index contributed by atoms with van der Waals surface area (Å²) in [7, 11) is 3.59. The SMILES string of the molecule is CN(C)CCNC(=O)c1nn(-c2ccc(C(F)(F)F)cc2)c(=O)n(Cc2ccccc2Cl)c1=O. The average molecular weight is 496 g/mol. The fourth-order valence-electron chi connectivity index (χ4n) is 3.03. The highest BCUT2D eigenvalue weighted by Crippen LogP contribution is 2.29. The summed E-state index contributed by atoms with van der Waals surface area (Å²) < 4.78 is 40.3. The van der Waals surface area contributed by atoms with Gasteiger partial charge >= 0.3 is 11.9 Å². The van der Waals surface area contributed by atoms with Crippen LogP contribution >= 0.6 is 11.6 Å². The lowest BCUT2D eigenvalue weighted by molar-refractivity contribution is -0.137. The summed E-state index contributed by atoms with van der Waals surface area (Å²) in [6.07, 6.45) is -4.57. The Morgan fingerprint density at radius 2 is 1.74 bits per heavy atom. The quantitative estimate of drug-likeness (QED) is 0.544. The Morgan fingerprint density at radius 3 is 2.32 bits per heavy atom. The first-order chi connectivity index (χ1) is 16.0. The normalized spacial score (nSPS) is 11.6. The van der Waals surface area contributed by atoms with Gasteiger partial charge in [-0.1, -0.05) is 29.8 Å². The van der Waals surface area contributed by atoms with E-state index >= 15 is 0 Å². The van der Waals surface area contributed by atoms with Crippen LogP contribution in [0.25, 0.3) is 5.69 Å². The van der Waals surface area contributed by atoms with E-state index in [1.165, 1.54) is 0 Å². The van der Waals surface area contributed by atoms with Crippen LogP contribution < -0.4 is 16.6 Å². The first-order valence-electron chi connectivity index (χ1n) is 10.1. The second-order valence-electron chi connectivity index (χ2n) is 7.63. The van der Waals surface area contributed by atoms with Crippen molar-refractivity contribution in [3.05, 3.63) is 91.2 Å². The maximum absolute atomic E-state index is 13.1. The summed E-state index contributed by atoms with van der Waals surface area (Å²) in [6.45, 7) is 0.424. The van der Waals surface area contributed by atoms with Crippen LogP contribution in [0.3, 0.4) is 0 Å². The second kappa shape index (κ2) is 10.2. The van der Waals surface area contributed by atoms with Gasteiger partial charge in [0.2, 0.25) is 5.69 Å². The molecule has 1 N–H and O–H groups in total. The van der Waals surface area contributed by atoms with Crippen molar-refractivity contribution in [1.82, 2.24) is 24.6 Å². The molecule has 1 amide bonds. The van der Waals surface area contributed by atoms with Crippen molar-refractivity contribution >= 4 is 17.5 Å². The number of likely N-dealkylation sites (N-methyl/N-ethyl adjacent to an activating group) is 1. The predicted octanol–water partition coefficient (Wildman–Crippen LogP) is 2.41. The Balaban J connectivity index is 2.13. The average Bonchev–Trinajstić information content (AvgIpc) is 2.77. The summed E-state index contributed by atoms with van der Waals surface area (Å²) in [4.78, 5) is 40.7. The van der Waals surface area contributed by atoms with Crippen LogP contribution in [0.1, 0.15) is 21.6 Å². The number of halogens is 4. The number of carbonyl (C=O) groups is 1. The summed E-state index contributed by atoms with van der Waals surface area (Å²) in [5.74, 6) is -0.819. The van der Waals surface area contributed by atoms with Gasteiger partial charge in [-0.2, -0.15) is 23.0 Å². The molecule has 0 aliphatic rings. The molecule has 0 spiro atoms. The van der Waals surface area contributed by atoms with E-state index in [1.54, 1.807) is 38.4 Å². The minimum atomic E-state index is -4.57. The second-order valence-corrected chi connectivity index (χ2v) is 8.04. The van der Waals surface area contributed by atoms with Crippen molar-refractivity contribution in [2.45, 2.75) is 12.7 Å². The van der Waals surface area contributed by atoms with E-state index in [-0.39, 0.29) is 18.8 Å². The Kier molecular flexibility index (Phi) is 7.57. The Hall–Kier alpha value is -3.44. The number of nitrogens with zero attached hydrogens (tertiary/aromatic N) is 4. The maximum Gasteiger partial charge on any atom is 0.416 e. The van der Waals surface area contributed by atoms with Crippen molar-refractivity contribution in [3.63, 3.8) is 0 Å². The van der Waals surface area contributed by atoms with Gasteiger partial charge in [-0.15, -0.1) is 0 Å².